The van der Waals surface area contributed by atoms with Crippen molar-refractivity contribution < 1.29 is 14.6 Å². The lowest BCUT2D eigenvalue weighted by molar-refractivity contribution is 0.0696. The van der Waals surface area contributed by atoms with Gasteiger partial charge in [-0.2, -0.15) is 16.4 Å². The van der Waals surface area contributed by atoms with Gasteiger partial charge in [-0.25, -0.2) is 9.78 Å². The van der Waals surface area contributed by atoms with Gasteiger partial charge in [-0.15, -0.1) is 11.3 Å². The minimum atomic E-state index is -0.984. The molecule has 142 valence electrons. The van der Waals surface area contributed by atoms with Crippen molar-refractivity contribution in [1.29, 1.82) is 0 Å². The van der Waals surface area contributed by atoms with Gasteiger partial charge in [0.25, 0.3) is 0 Å². The normalized spacial score (nSPS) is 10.9. The number of nitrogens with zero attached hydrogens (tertiary/aromatic N) is 3. The van der Waals surface area contributed by atoms with E-state index in [0.29, 0.717) is 13.2 Å². The molecule has 3 aromatic heterocycles. The molecule has 0 bridgehead atoms. The third kappa shape index (κ3) is 4.47. The second-order valence-corrected chi connectivity index (χ2v) is 7.84. The summed E-state index contributed by atoms with van der Waals surface area (Å²) in [6.07, 6.45) is 3.73. The van der Waals surface area contributed by atoms with Crippen LogP contribution in [0.15, 0.2) is 58.9 Å². The van der Waals surface area contributed by atoms with Crippen molar-refractivity contribution >= 4 is 28.6 Å². The largest absolute Gasteiger partial charge is 0.493 e. The summed E-state index contributed by atoms with van der Waals surface area (Å²) in [4.78, 5) is 15.6. The fourth-order valence-corrected chi connectivity index (χ4v) is 4.18. The molecule has 0 aliphatic heterocycles. The number of aromatic nitrogens is 3. The Hall–Kier alpha value is -2.97. The molecule has 4 aromatic rings. The van der Waals surface area contributed by atoms with Gasteiger partial charge in [0.05, 0.1) is 30.6 Å². The van der Waals surface area contributed by atoms with Crippen molar-refractivity contribution in [2.45, 2.75) is 13.0 Å². The quantitative estimate of drug-likeness (QED) is 0.464. The number of hydrogen-bond acceptors (Lipinski definition) is 6. The Labute approximate surface area is 169 Å². The molecular weight excluding hydrogens is 394 g/mol. The predicted molar refractivity (Wildman–Crippen MR) is 109 cm³/mol. The molecule has 1 aromatic carbocycles. The monoisotopic (exact) mass is 411 g/mol. The molecule has 1 N–H and O–H groups in total. The van der Waals surface area contributed by atoms with E-state index in [1.54, 1.807) is 16.0 Å². The number of carbonyl (C=O) groups is 1. The second-order valence-electron chi connectivity index (χ2n) is 6.12. The topological polar surface area (TPSA) is 77.2 Å². The summed E-state index contributed by atoms with van der Waals surface area (Å²) in [5, 5.41) is 20.1. The standard InChI is InChI=1S/C20H17N3O3S2/c24-20(25)16-9-21-23(10-16)11-19-22-18(13-28-19)15-2-1-3-17(8-15)26-6-4-14-5-7-27-12-14/h1-3,5,7-10,12-13H,4,6,11H2,(H,24,25). The Morgan fingerprint density at radius 3 is 2.96 bits per heavy atom. The van der Waals surface area contributed by atoms with Gasteiger partial charge in [0, 0.05) is 23.6 Å². The zero-order valence-corrected chi connectivity index (χ0v) is 16.4. The lowest BCUT2D eigenvalue weighted by Crippen LogP contribution is -2.01. The van der Waals surface area contributed by atoms with E-state index in [9.17, 15) is 4.79 Å². The van der Waals surface area contributed by atoms with Gasteiger partial charge in [-0.05, 0) is 34.5 Å². The summed E-state index contributed by atoms with van der Waals surface area (Å²) >= 11 is 3.21. The van der Waals surface area contributed by atoms with E-state index in [2.05, 4.69) is 26.9 Å². The summed E-state index contributed by atoms with van der Waals surface area (Å²) < 4.78 is 7.46. The van der Waals surface area contributed by atoms with Crippen LogP contribution in [0.4, 0.5) is 0 Å². The van der Waals surface area contributed by atoms with Gasteiger partial charge < -0.3 is 9.84 Å². The average Bonchev–Trinajstić information content (AvgIpc) is 3.44. The first-order chi connectivity index (χ1) is 13.7. The molecule has 0 atom stereocenters. The smallest absolute Gasteiger partial charge is 0.338 e. The van der Waals surface area contributed by atoms with E-state index in [1.165, 1.54) is 29.3 Å². The Morgan fingerprint density at radius 2 is 2.18 bits per heavy atom. The predicted octanol–water partition coefficient (Wildman–Crippen LogP) is 4.44. The van der Waals surface area contributed by atoms with E-state index in [1.807, 2.05) is 29.6 Å². The van der Waals surface area contributed by atoms with Gasteiger partial charge in [0.1, 0.15) is 10.8 Å². The molecule has 0 amide bonds. The number of benzene rings is 1. The van der Waals surface area contributed by atoms with Gasteiger partial charge in [0.15, 0.2) is 0 Å². The van der Waals surface area contributed by atoms with E-state index in [-0.39, 0.29) is 5.56 Å². The fraction of sp³-hybridized carbons (Fsp3) is 0.150. The molecule has 0 aliphatic carbocycles. The number of carboxylic acid groups (broad SMARTS) is 1. The lowest BCUT2D eigenvalue weighted by Gasteiger charge is -2.06. The second kappa shape index (κ2) is 8.37. The molecule has 0 fully saturated rings. The zero-order chi connectivity index (χ0) is 19.3. The molecule has 8 heteroatoms. The highest BCUT2D eigenvalue weighted by molar-refractivity contribution is 7.10. The summed E-state index contributed by atoms with van der Waals surface area (Å²) in [5.41, 5.74) is 3.31. The maximum absolute atomic E-state index is 11.0. The van der Waals surface area contributed by atoms with Crippen molar-refractivity contribution in [2.75, 3.05) is 6.61 Å². The molecule has 6 nitrogen and oxygen atoms in total. The fourth-order valence-electron chi connectivity index (χ4n) is 2.68. The Morgan fingerprint density at radius 1 is 1.25 bits per heavy atom. The number of carboxylic acids is 1. The van der Waals surface area contributed by atoms with Crippen LogP contribution >= 0.6 is 22.7 Å². The minimum absolute atomic E-state index is 0.170. The number of rotatable bonds is 8. The molecular formula is C20H17N3O3S2. The van der Waals surface area contributed by atoms with Crippen molar-refractivity contribution in [3.63, 3.8) is 0 Å². The van der Waals surface area contributed by atoms with Gasteiger partial charge >= 0.3 is 5.97 Å². The molecule has 4 rings (SSSR count). The Kier molecular flexibility index (Phi) is 5.50. The molecule has 0 spiro atoms. The van der Waals surface area contributed by atoms with Crippen molar-refractivity contribution in [3.8, 4) is 17.0 Å². The summed E-state index contributed by atoms with van der Waals surface area (Å²) in [6.45, 7) is 1.07. The Balaban J connectivity index is 1.40. The first kappa shape index (κ1) is 18.4. The first-order valence-corrected chi connectivity index (χ1v) is 10.4. The third-order valence-electron chi connectivity index (χ3n) is 4.10. The van der Waals surface area contributed by atoms with E-state index in [4.69, 9.17) is 9.84 Å². The first-order valence-electron chi connectivity index (χ1n) is 8.62. The van der Waals surface area contributed by atoms with E-state index >= 15 is 0 Å². The van der Waals surface area contributed by atoms with Crippen LogP contribution in [0.1, 0.15) is 20.9 Å². The van der Waals surface area contributed by atoms with E-state index < -0.39 is 5.97 Å². The van der Waals surface area contributed by atoms with Crippen LogP contribution in [-0.4, -0.2) is 32.4 Å². The lowest BCUT2D eigenvalue weighted by atomic mass is 10.1. The minimum Gasteiger partial charge on any atom is -0.493 e. The summed E-state index contributed by atoms with van der Waals surface area (Å²) in [6, 6.07) is 10.0. The number of hydrogen-bond donors (Lipinski definition) is 1. The van der Waals surface area contributed by atoms with Crippen LogP contribution in [0.2, 0.25) is 0 Å². The van der Waals surface area contributed by atoms with Crippen molar-refractivity contribution in [1.82, 2.24) is 14.8 Å². The maximum Gasteiger partial charge on any atom is 0.338 e. The molecule has 0 radical (unpaired) electrons. The van der Waals surface area contributed by atoms with Crippen LogP contribution in [0, 0.1) is 0 Å². The van der Waals surface area contributed by atoms with Gasteiger partial charge in [-0.1, -0.05) is 12.1 Å². The molecule has 0 saturated carbocycles. The maximum atomic E-state index is 11.0. The molecule has 3 heterocycles. The van der Waals surface area contributed by atoms with Crippen LogP contribution < -0.4 is 4.74 Å². The van der Waals surface area contributed by atoms with Gasteiger partial charge in [0.2, 0.25) is 0 Å². The highest BCUT2D eigenvalue weighted by Crippen LogP contribution is 2.26. The summed E-state index contributed by atoms with van der Waals surface area (Å²) in [5.74, 6) is -0.164. The number of thiophene rings is 1. The van der Waals surface area contributed by atoms with Crippen LogP contribution in [0.3, 0.4) is 0 Å². The molecule has 0 unspecified atom stereocenters. The highest BCUT2D eigenvalue weighted by Gasteiger charge is 2.10. The van der Waals surface area contributed by atoms with Gasteiger partial charge in [-0.3, -0.25) is 4.68 Å². The van der Waals surface area contributed by atoms with Crippen molar-refractivity contribution in [3.05, 3.63) is 75.0 Å². The highest BCUT2D eigenvalue weighted by atomic mass is 32.1. The van der Waals surface area contributed by atoms with E-state index in [0.717, 1.165) is 28.4 Å². The van der Waals surface area contributed by atoms with Crippen LogP contribution in [0.25, 0.3) is 11.3 Å². The SMILES string of the molecule is O=C(O)c1cnn(Cc2nc(-c3cccc(OCCc4ccsc4)c3)cs2)c1. The Bertz CT molecular complexity index is 1070. The molecule has 28 heavy (non-hydrogen) atoms. The number of ether oxygens (including phenoxy) is 1. The zero-order valence-electron chi connectivity index (χ0n) is 14.8. The van der Waals surface area contributed by atoms with Crippen molar-refractivity contribution in [2.24, 2.45) is 0 Å². The number of aromatic carboxylic acids is 1. The third-order valence-corrected chi connectivity index (χ3v) is 5.66. The molecule has 0 aliphatic rings. The number of thiazole rings is 1. The van der Waals surface area contributed by atoms with Crippen LogP contribution in [0.5, 0.6) is 5.75 Å². The summed E-state index contributed by atoms with van der Waals surface area (Å²) in [7, 11) is 0. The molecule has 0 saturated heterocycles. The van der Waals surface area contributed by atoms with Crippen LogP contribution in [-0.2, 0) is 13.0 Å². The average molecular weight is 412 g/mol.